The van der Waals surface area contributed by atoms with Crippen LogP contribution in [-0.2, 0) is 19.6 Å². The Hall–Kier alpha value is -2.38. The molecule has 1 fully saturated rings. The van der Waals surface area contributed by atoms with E-state index in [1.54, 1.807) is 41.3 Å². The number of aryl methyl sites for hydroxylation is 1. The van der Waals surface area contributed by atoms with Crippen molar-refractivity contribution in [3.63, 3.8) is 0 Å². The van der Waals surface area contributed by atoms with Gasteiger partial charge in [-0.15, -0.1) is 0 Å². The van der Waals surface area contributed by atoms with Crippen LogP contribution < -0.4 is 4.18 Å². The van der Waals surface area contributed by atoms with E-state index < -0.39 is 10.1 Å². The molecule has 1 heterocycles. The van der Waals surface area contributed by atoms with Crippen LogP contribution in [0.2, 0.25) is 0 Å². The summed E-state index contributed by atoms with van der Waals surface area (Å²) >= 11 is 0. The van der Waals surface area contributed by atoms with Gasteiger partial charge in [0.1, 0.15) is 23.4 Å². The van der Waals surface area contributed by atoms with Crippen LogP contribution in [0, 0.1) is 6.92 Å². The van der Waals surface area contributed by atoms with Crippen molar-refractivity contribution >= 4 is 16.0 Å². The van der Waals surface area contributed by atoms with Crippen LogP contribution in [-0.4, -0.2) is 37.9 Å². The van der Waals surface area contributed by atoms with Crippen LogP contribution >= 0.6 is 0 Å². The summed E-state index contributed by atoms with van der Waals surface area (Å²) in [7, 11) is -3.89. The maximum absolute atomic E-state index is 12.4. The molecule has 0 aromatic heterocycles. The second-order valence-electron chi connectivity index (χ2n) is 7.89. The lowest BCUT2D eigenvalue weighted by Gasteiger charge is -2.41. The van der Waals surface area contributed by atoms with Crippen LogP contribution in [0.15, 0.2) is 53.4 Å². The van der Waals surface area contributed by atoms with E-state index in [4.69, 9.17) is 8.92 Å². The van der Waals surface area contributed by atoms with Crippen LogP contribution in [0.25, 0.3) is 0 Å². The Morgan fingerprint density at radius 1 is 1.04 bits per heavy atom. The highest BCUT2D eigenvalue weighted by molar-refractivity contribution is 7.87. The van der Waals surface area contributed by atoms with Gasteiger partial charge in [0, 0.05) is 5.54 Å². The zero-order chi connectivity index (χ0) is 20.5. The van der Waals surface area contributed by atoms with Crippen LogP contribution in [0.5, 0.6) is 5.75 Å². The third-order valence-corrected chi connectivity index (χ3v) is 5.90. The minimum Gasteiger partial charge on any atom is -0.379 e. The summed E-state index contributed by atoms with van der Waals surface area (Å²) < 4.78 is 35.7. The number of hydrogen-bond acceptors (Lipinski definition) is 5. The molecule has 0 spiro atoms. The normalized spacial score (nSPS) is 18.2. The van der Waals surface area contributed by atoms with Gasteiger partial charge >= 0.3 is 10.1 Å². The summed E-state index contributed by atoms with van der Waals surface area (Å²) in [6.45, 7) is 8.32. The highest BCUT2D eigenvalue weighted by Crippen LogP contribution is 2.29. The first-order valence-electron chi connectivity index (χ1n) is 9.09. The van der Waals surface area contributed by atoms with Gasteiger partial charge in [-0.25, -0.2) is 0 Å². The number of amides is 1. The molecule has 150 valence electrons. The molecule has 2 aromatic carbocycles. The Bertz CT molecular complexity index is 944. The lowest BCUT2D eigenvalue weighted by Crippen LogP contribution is -2.52. The molecule has 0 unspecified atom stereocenters. The Labute approximate surface area is 166 Å². The molecule has 6 nitrogen and oxygen atoms in total. The predicted molar refractivity (Wildman–Crippen MR) is 106 cm³/mol. The average Bonchev–Trinajstić information content (AvgIpc) is 2.62. The Morgan fingerprint density at radius 3 is 2.21 bits per heavy atom. The molecule has 1 amide bonds. The van der Waals surface area contributed by atoms with E-state index in [1.807, 2.05) is 27.7 Å². The molecule has 0 saturated carbocycles. The zero-order valence-electron chi connectivity index (χ0n) is 16.5. The maximum Gasteiger partial charge on any atom is 0.339 e. The van der Waals surface area contributed by atoms with Gasteiger partial charge in [-0.05, 0) is 57.5 Å². The Balaban J connectivity index is 1.73. The van der Waals surface area contributed by atoms with Crippen molar-refractivity contribution in [2.45, 2.75) is 44.2 Å². The highest BCUT2D eigenvalue weighted by Gasteiger charge is 2.34. The summed E-state index contributed by atoms with van der Waals surface area (Å²) in [6.07, 6.45) is -0.264. The number of hydrogen-bond donors (Lipinski definition) is 0. The van der Waals surface area contributed by atoms with Crippen molar-refractivity contribution in [1.82, 2.24) is 4.90 Å². The SMILES string of the molecule is Cc1ccc(S(=O)(=O)Oc2ccc([C@@H]3CN(C(C)(C)C)C(=O)CO3)cc2)cc1. The molecular formula is C21H25NO5S. The number of ether oxygens (including phenoxy) is 1. The van der Waals surface area contributed by atoms with Crippen LogP contribution in [0.1, 0.15) is 38.0 Å². The molecule has 1 aliphatic heterocycles. The van der Waals surface area contributed by atoms with Crippen molar-refractivity contribution in [3.8, 4) is 5.75 Å². The van der Waals surface area contributed by atoms with Gasteiger partial charge in [-0.2, -0.15) is 8.42 Å². The quantitative estimate of drug-likeness (QED) is 0.731. The summed E-state index contributed by atoms with van der Waals surface area (Å²) in [5, 5.41) is 0. The zero-order valence-corrected chi connectivity index (χ0v) is 17.3. The molecule has 28 heavy (non-hydrogen) atoms. The predicted octanol–water partition coefficient (Wildman–Crippen LogP) is 3.46. The van der Waals surface area contributed by atoms with Crippen LogP contribution in [0.4, 0.5) is 0 Å². The summed E-state index contributed by atoms with van der Waals surface area (Å²) in [4.78, 5) is 14.0. The summed E-state index contributed by atoms with van der Waals surface area (Å²) in [6, 6.07) is 13.2. The standard InChI is InChI=1S/C21H25NO5S/c1-15-5-11-18(12-6-15)28(24,25)27-17-9-7-16(8-10-17)19-13-22(21(2,3)4)20(23)14-26-19/h5-12,19H,13-14H2,1-4H3/t19-/m0/s1. The molecular weight excluding hydrogens is 378 g/mol. The molecule has 2 aromatic rings. The number of benzene rings is 2. The lowest BCUT2D eigenvalue weighted by molar-refractivity contribution is -0.156. The summed E-state index contributed by atoms with van der Waals surface area (Å²) in [5.41, 5.74) is 1.55. The van der Waals surface area contributed by atoms with E-state index in [2.05, 4.69) is 0 Å². The first-order valence-corrected chi connectivity index (χ1v) is 10.5. The van der Waals surface area contributed by atoms with E-state index in [1.165, 1.54) is 12.1 Å². The van der Waals surface area contributed by atoms with Gasteiger partial charge in [-0.1, -0.05) is 29.8 Å². The van der Waals surface area contributed by atoms with Gasteiger partial charge in [0.2, 0.25) is 5.91 Å². The Kier molecular flexibility index (Phi) is 5.50. The van der Waals surface area contributed by atoms with Crippen molar-refractivity contribution < 1.29 is 22.1 Å². The number of carbonyl (C=O) groups is 1. The van der Waals surface area contributed by atoms with Crippen LogP contribution in [0.3, 0.4) is 0 Å². The second-order valence-corrected chi connectivity index (χ2v) is 9.44. The molecule has 1 aliphatic rings. The van der Waals surface area contributed by atoms with Gasteiger partial charge in [0.05, 0.1) is 6.54 Å². The minimum atomic E-state index is -3.89. The molecule has 3 rings (SSSR count). The topological polar surface area (TPSA) is 72.9 Å². The second kappa shape index (κ2) is 7.56. The van der Waals surface area contributed by atoms with Crippen molar-refractivity contribution in [2.75, 3.05) is 13.2 Å². The van der Waals surface area contributed by atoms with E-state index in [0.717, 1.165) is 11.1 Å². The molecule has 1 atom stereocenters. The fraction of sp³-hybridized carbons (Fsp3) is 0.381. The number of carbonyl (C=O) groups excluding carboxylic acids is 1. The fourth-order valence-electron chi connectivity index (χ4n) is 3.04. The van der Waals surface area contributed by atoms with E-state index in [0.29, 0.717) is 6.54 Å². The molecule has 1 saturated heterocycles. The average molecular weight is 404 g/mol. The van der Waals surface area contributed by atoms with Gasteiger partial charge in [0.25, 0.3) is 0 Å². The number of nitrogens with zero attached hydrogens (tertiary/aromatic N) is 1. The van der Waals surface area contributed by atoms with Gasteiger partial charge in [-0.3, -0.25) is 4.79 Å². The Morgan fingerprint density at radius 2 is 1.64 bits per heavy atom. The smallest absolute Gasteiger partial charge is 0.339 e. The van der Waals surface area contributed by atoms with Gasteiger partial charge in [0.15, 0.2) is 0 Å². The van der Waals surface area contributed by atoms with Crippen molar-refractivity contribution in [3.05, 3.63) is 59.7 Å². The maximum atomic E-state index is 12.4. The first kappa shape index (κ1) is 20.4. The number of rotatable bonds is 4. The van der Waals surface area contributed by atoms with E-state index in [-0.39, 0.29) is 34.8 Å². The molecule has 0 bridgehead atoms. The fourth-order valence-corrected chi connectivity index (χ4v) is 3.97. The molecule has 0 aliphatic carbocycles. The highest BCUT2D eigenvalue weighted by atomic mass is 32.2. The monoisotopic (exact) mass is 403 g/mol. The third kappa shape index (κ3) is 4.54. The lowest BCUT2D eigenvalue weighted by atomic mass is 10.0. The van der Waals surface area contributed by atoms with Crippen molar-refractivity contribution in [1.29, 1.82) is 0 Å². The molecule has 7 heteroatoms. The molecule has 0 radical (unpaired) electrons. The van der Waals surface area contributed by atoms with E-state index in [9.17, 15) is 13.2 Å². The minimum absolute atomic E-state index is 0.0298. The van der Waals surface area contributed by atoms with E-state index >= 15 is 0 Å². The third-order valence-electron chi connectivity index (χ3n) is 4.63. The van der Waals surface area contributed by atoms with Gasteiger partial charge < -0.3 is 13.8 Å². The summed E-state index contributed by atoms with van der Waals surface area (Å²) in [5.74, 6) is 0.191. The largest absolute Gasteiger partial charge is 0.379 e. The van der Waals surface area contributed by atoms with Crippen molar-refractivity contribution in [2.24, 2.45) is 0 Å². The molecule has 0 N–H and O–H groups in total. The number of morpholine rings is 1. The first-order chi connectivity index (χ1) is 13.1.